The minimum atomic E-state index is 0.711. The Hall–Kier alpha value is -3.19. The van der Waals surface area contributed by atoms with E-state index >= 15 is 0 Å². The van der Waals surface area contributed by atoms with E-state index in [0.29, 0.717) is 6.61 Å². The van der Waals surface area contributed by atoms with Crippen LogP contribution in [0.3, 0.4) is 0 Å². The molecule has 7 heteroatoms. The number of aromatic amines is 2. The summed E-state index contributed by atoms with van der Waals surface area (Å²) in [6.45, 7) is 4.08. The van der Waals surface area contributed by atoms with Gasteiger partial charge in [-0.15, -0.1) is 0 Å². The molecule has 2 aromatic heterocycles. The van der Waals surface area contributed by atoms with Crippen LogP contribution in [0, 0.1) is 5.92 Å². The second-order valence-electron chi connectivity index (χ2n) is 9.36. The zero-order chi connectivity index (χ0) is 22.0. The number of ether oxygens (including phenoxy) is 1. The number of nitrogens with one attached hydrogen (secondary N) is 2. The van der Waals surface area contributed by atoms with E-state index in [9.17, 15) is 0 Å². The van der Waals surface area contributed by atoms with Gasteiger partial charge >= 0.3 is 0 Å². The molecular weight excluding hydrogens is 412 g/mol. The molecule has 2 N–H and O–H groups in total. The van der Waals surface area contributed by atoms with E-state index in [4.69, 9.17) is 9.72 Å². The van der Waals surface area contributed by atoms with E-state index in [0.717, 1.165) is 64.0 Å². The maximum atomic E-state index is 6.09. The summed E-state index contributed by atoms with van der Waals surface area (Å²) in [7, 11) is 0. The van der Waals surface area contributed by atoms with Crippen LogP contribution >= 0.6 is 0 Å². The minimum absolute atomic E-state index is 0.711. The summed E-state index contributed by atoms with van der Waals surface area (Å²) in [5, 5.41) is 16.4. The van der Waals surface area contributed by atoms with Crippen LogP contribution in [0.25, 0.3) is 33.5 Å². The maximum Gasteiger partial charge on any atom is 0.181 e. The average molecular weight is 443 g/mol. The third-order valence-electron chi connectivity index (χ3n) is 6.76. The third kappa shape index (κ3) is 4.64. The lowest BCUT2D eigenvalue weighted by Crippen LogP contribution is -2.33. The molecule has 2 aromatic carbocycles. The molecule has 3 heterocycles. The molecule has 7 nitrogen and oxygen atoms in total. The molecule has 1 aliphatic carbocycles. The molecule has 6 rings (SSSR count). The number of benzene rings is 2. The van der Waals surface area contributed by atoms with Crippen LogP contribution in [0.2, 0.25) is 0 Å². The predicted octanol–water partition coefficient (Wildman–Crippen LogP) is 4.83. The first-order chi connectivity index (χ1) is 16.3. The number of hydrogen-bond acceptors (Lipinski definition) is 5. The van der Waals surface area contributed by atoms with Gasteiger partial charge in [0.1, 0.15) is 23.9 Å². The Morgan fingerprint density at radius 1 is 0.939 bits per heavy atom. The quantitative estimate of drug-likeness (QED) is 0.408. The summed E-state index contributed by atoms with van der Waals surface area (Å²) < 4.78 is 6.09. The topological polar surface area (TPSA) is 82.7 Å². The predicted molar refractivity (Wildman–Crippen MR) is 129 cm³/mol. The summed E-state index contributed by atoms with van der Waals surface area (Å²) in [4.78, 5) is 7.21. The fraction of sp³-hybridized carbons (Fsp3) is 0.423. The molecule has 0 bridgehead atoms. The molecule has 0 radical (unpaired) electrons. The standard InChI is InChI=1S/C26H30N6O/c1-2-11-32(12-3-1)13-14-33-21-6-4-5-19(16-21)25-22-17-20(9-10-23(22)28-30-25)26-27-24(29-31-26)15-18-7-8-18/h4-6,9-10,16-18H,1-3,7-8,11-15H2,(H,28,30)(H,27,29,31). The first-order valence-corrected chi connectivity index (χ1v) is 12.2. The summed E-state index contributed by atoms with van der Waals surface area (Å²) in [5.41, 5.74) is 3.96. The normalized spacial score (nSPS) is 17.0. The van der Waals surface area contributed by atoms with Crippen molar-refractivity contribution in [3.8, 4) is 28.4 Å². The van der Waals surface area contributed by atoms with Gasteiger partial charge in [-0.25, -0.2) is 4.98 Å². The van der Waals surface area contributed by atoms with Crippen molar-refractivity contribution in [1.29, 1.82) is 0 Å². The van der Waals surface area contributed by atoms with E-state index in [1.54, 1.807) is 0 Å². The fourth-order valence-corrected chi connectivity index (χ4v) is 4.69. The molecule has 0 amide bonds. The summed E-state index contributed by atoms with van der Waals surface area (Å²) in [5.74, 6) is 3.39. The van der Waals surface area contributed by atoms with Crippen LogP contribution in [0.5, 0.6) is 5.75 Å². The third-order valence-corrected chi connectivity index (χ3v) is 6.76. The molecule has 33 heavy (non-hydrogen) atoms. The van der Waals surface area contributed by atoms with Gasteiger partial charge in [-0.05, 0) is 75.0 Å². The van der Waals surface area contributed by atoms with Crippen LogP contribution < -0.4 is 4.74 Å². The van der Waals surface area contributed by atoms with E-state index in [-0.39, 0.29) is 0 Å². The largest absolute Gasteiger partial charge is 0.492 e. The van der Waals surface area contributed by atoms with Crippen LogP contribution in [0.15, 0.2) is 42.5 Å². The molecule has 1 saturated heterocycles. The SMILES string of the molecule is c1cc(OCCN2CCCCC2)cc(-c2n[nH]c3ccc(-c4n[nH]c(CC5CC5)n4)cc23)c1. The number of piperidine rings is 1. The van der Waals surface area contributed by atoms with E-state index in [1.807, 2.05) is 12.1 Å². The van der Waals surface area contributed by atoms with E-state index in [2.05, 4.69) is 55.6 Å². The maximum absolute atomic E-state index is 6.09. The summed E-state index contributed by atoms with van der Waals surface area (Å²) >= 11 is 0. The molecular formula is C26H30N6O. The Labute approximate surface area is 193 Å². The van der Waals surface area contributed by atoms with Crippen molar-refractivity contribution in [3.63, 3.8) is 0 Å². The zero-order valence-electron chi connectivity index (χ0n) is 18.9. The lowest BCUT2D eigenvalue weighted by atomic mass is 10.1. The Morgan fingerprint density at radius 3 is 2.73 bits per heavy atom. The Bertz CT molecular complexity index is 1230. The molecule has 4 aromatic rings. The first kappa shape index (κ1) is 20.4. The Balaban J connectivity index is 1.20. The van der Waals surface area contributed by atoms with Crippen molar-refractivity contribution in [2.24, 2.45) is 5.92 Å². The monoisotopic (exact) mass is 442 g/mol. The van der Waals surface area contributed by atoms with Crippen molar-refractivity contribution in [2.75, 3.05) is 26.2 Å². The van der Waals surface area contributed by atoms with Crippen LogP contribution in [-0.4, -0.2) is 56.5 Å². The summed E-state index contributed by atoms with van der Waals surface area (Å²) in [6.07, 6.45) is 7.58. The van der Waals surface area contributed by atoms with Crippen molar-refractivity contribution in [2.45, 2.75) is 38.5 Å². The number of H-pyrrole nitrogens is 2. The van der Waals surface area contributed by atoms with Crippen molar-refractivity contribution in [3.05, 3.63) is 48.3 Å². The number of rotatable bonds is 8. The Kier molecular flexibility index (Phi) is 5.56. The highest BCUT2D eigenvalue weighted by Crippen LogP contribution is 2.33. The highest BCUT2D eigenvalue weighted by Gasteiger charge is 2.23. The highest BCUT2D eigenvalue weighted by molar-refractivity contribution is 5.95. The number of nitrogens with zero attached hydrogens (tertiary/aromatic N) is 4. The number of fused-ring (bicyclic) bond motifs is 1. The van der Waals surface area contributed by atoms with Gasteiger partial charge in [-0.2, -0.15) is 10.2 Å². The molecule has 170 valence electrons. The molecule has 0 atom stereocenters. The van der Waals surface area contributed by atoms with Gasteiger partial charge in [-0.1, -0.05) is 18.6 Å². The van der Waals surface area contributed by atoms with Gasteiger partial charge in [0.15, 0.2) is 5.82 Å². The van der Waals surface area contributed by atoms with E-state index < -0.39 is 0 Å². The zero-order valence-corrected chi connectivity index (χ0v) is 18.9. The second-order valence-corrected chi connectivity index (χ2v) is 9.36. The van der Waals surface area contributed by atoms with E-state index in [1.165, 1.54) is 45.2 Å². The second kappa shape index (κ2) is 8.98. The van der Waals surface area contributed by atoms with Crippen molar-refractivity contribution >= 4 is 10.9 Å². The number of hydrogen-bond donors (Lipinski definition) is 2. The highest BCUT2D eigenvalue weighted by atomic mass is 16.5. The first-order valence-electron chi connectivity index (χ1n) is 12.2. The van der Waals surface area contributed by atoms with Crippen LogP contribution in [-0.2, 0) is 6.42 Å². The lowest BCUT2D eigenvalue weighted by molar-refractivity contribution is 0.183. The molecule has 0 unspecified atom stereocenters. The average Bonchev–Trinajstić information content (AvgIpc) is 3.37. The molecule has 0 spiro atoms. The van der Waals surface area contributed by atoms with Gasteiger partial charge in [0.2, 0.25) is 0 Å². The van der Waals surface area contributed by atoms with Gasteiger partial charge in [0.05, 0.1) is 5.52 Å². The van der Waals surface area contributed by atoms with Crippen LogP contribution in [0.4, 0.5) is 0 Å². The van der Waals surface area contributed by atoms with Gasteiger partial charge in [-0.3, -0.25) is 15.1 Å². The van der Waals surface area contributed by atoms with Gasteiger partial charge in [0.25, 0.3) is 0 Å². The molecule has 1 aliphatic heterocycles. The number of aromatic nitrogens is 5. The smallest absolute Gasteiger partial charge is 0.181 e. The Morgan fingerprint density at radius 2 is 1.85 bits per heavy atom. The molecule has 2 fully saturated rings. The fourth-order valence-electron chi connectivity index (χ4n) is 4.69. The minimum Gasteiger partial charge on any atom is -0.492 e. The van der Waals surface area contributed by atoms with Crippen molar-refractivity contribution in [1.82, 2.24) is 30.3 Å². The molecule has 1 saturated carbocycles. The lowest BCUT2D eigenvalue weighted by Gasteiger charge is -2.26. The summed E-state index contributed by atoms with van der Waals surface area (Å²) in [6, 6.07) is 14.5. The van der Waals surface area contributed by atoms with Gasteiger partial charge < -0.3 is 4.74 Å². The van der Waals surface area contributed by atoms with Crippen molar-refractivity contribution < 1.29 is 4.74 Å². The van der Waals surface area contributed by atoms with Gasteiger partial charge in [0, 0.05) is 29.5 Å². The number of likely N-dealkylation sites (tertiary alicyclic amines) is 1. The molecule has 2 aliphatic rings. The van der Waals surface area contributed by atoms with Crippen LogP contribution in [0.1, 0.15) is 37.9 Å².